The molecule has 0 fully saturated rings. The number of amides is 1. The molecule has 29 heavy (non-hydrogen) atoms. The zero-order chi connectivity index (χ0) is 20.6. The van der Waals surface area contributed by atoms with E-state index >= 15 is 0 Å². The minimum Gasteiger partial charge on any atom is -0.497 e. The molecule has 1 heterocycles. The molecule has 0 atom stereocenters. The van der Waals surface area contributed by atoms with Crippen molar-refractivity contribution in [3.05, 3.63) is 71.8 Å². The summed E-state index contributed by atoms with van der Waals surface area (Å²) in [7, 11) is 3.14. The topological polar surface area (TPSA) is 85.4 Å². The molecule has 0 saturated heterocycles. The maximum Gasteiger partial charge on any atom is 0.254 e. The van der Waals surface area contributed by atoms with Crippen LogP contribution in [0.4, 0.5) is 16.0 Å². The third kappa shape index (κ3) is 5.41. The molecule has 0 aliphatic carbocycles. The van der Waals surface area contributed by atoms with Crippen LogP contribution in [0.1, 0.15) is 15.9 Å². The van der Waals surface area contributed by atoms with Crippen molar-refractivity contribution in [2.45, 2.75) is 6.42 Å². The summed E-state index contributed by atoms with van der Waals surface area (Å²) >= 11 is 0. The summed E-state index contributed by atoms with van der Waals surface area (Å²) in [6.45, 7) is 0.422. The Hall–Kier alpha value is -3.68. The van der Waals surface area contributed by atoms with E-state index in [1.54, 1.807) is 44.6 Å². The highest BCUT2D eigenvalue weighted by Gasteiger charge is 2.10. The van der Waals surface area contributed by atoms with Crippen molar-refractivity contribution in [1.29, 1.82) is 0 Å². The van der Waals surface area contributed by atoms with Gasteiger partial charge in [0.05, 0.1) is 25.5 Å². The van der Waals surface area contributed by atoms with Crippen LogP contribution >= 0.6 is 0 Å². The van der Waals surface area contributed by atoms with Crippen LogP contribution < -0.4 is 20.1 Å². The van der Waals surface area contributed by atoms with Gasteiger partial charge in [-0.1, -0.05) is 12.1 Å². The molecule has 3 rings (SSSR count). The molecule has 3 aromatic rings. The normalized spacial score (nSPS) is 10.3. The quantitative estimate of drug-likeness (QED) is 0.607. The van der Waals surface area contributed by atoms with Gasteiger partial charge in [0, 0.05) is 25.0 Å². The standard InChI is InChI=1S/C21H21FN4O3/c1-28-17-7-8-19(29-2)18(11-17)26-21-24-12-15(13-25-21)20(27)23-10-9-14-3-5-16(22)6-4-14/h3-8,11-13H,9-10H2,1-2H3,(H,23,27)(H,24,25,26). The van der Waals surface area contributed by atoms with E-state index in [0.29, 0.717) is 41.7 Å². The average molecular weight is 396 g/mol. The van der Waals surface area contributed by atoms with Gasteiger partial charge in [-0.2, -0.15) is 0 Å². The molecule has 8 heteroatoms. The average Bonchev–Trinajstić information content (AvgIpc) is 2.75. The Balaban J connectivity index is 1.58. The molecule has 0 aliphatic heterocycles. The predicted octanol–water partition coefficient (Wildman–Crippen LogP) is 3.35. The van der Waals surface area contributed by atoms with Gasteiger partial charge < -0.3 is 20.1 Å². The summed E-state index contributed by atoms with van der Waals surface area (Å²) in [6.07, 6.45) is 3.48. The Labute approximate surface area is 167 Å². The number of ether oxygens (including phenoxy) is 2. The van der Waals surface area contributed by atoms with E-state index in [1.165, 1.54) is 24.5 Å². The molecule has 0 aliphatic rings. The van der Waals surface area contributed by atoms with Gasteiger partial charge in [0.1, 0.15) is 17.3 Å². The minimum atomic E-state index is -0.282. The molecule has 2 N–H and O–H groups in total. The highest BCUT2D eigenvalue weighted by molar-refractivity contribution is 5.93. The molecule has 0 bridgehead atoms. The molecule has 2 aromatic carbocycles. The first-order valence-electron chi connectivity index (χ1n) is 8.93. The Kier molecular flexibility index (Phi) is 6.57. The van der Waals surface area contributed by atoms with E-state index in [-0.39, 0.29) is 11.7 Å². The van der Waals surface area contributed by atoms with Gasteiger partial charge in [0.2, 0.25) is 5.95 Å². The Morgan fingerprint density at radius 3 is 2.41 bits per heavy atom. The van der Waals surface area contributed by atoms with E-state index in [4.69, 9.17) is 9.47 Å². The van der Waals surface area contributed by atoms with Crippen LogP contribution in [-0.2, 0) is 6.42 Å². The van der Waals surface area contributed by atoms with Crippen LogP contribution in [0.5, 0.6) is 11.5 Å². The van der Waals surface area contributed by atoms with Crippen molar-refractivity contribution >= 4 is 17.5 Å². The predicted molar refractivity (Wildman–Crippen MR) is 107 cm³/mol. The molecule has 150 valence electrons. The second-order valence-corrected chi connectivity index (χ2v) is 6.12. The number of hydrogen-bond acceptors (Lipinski definition) is 6. The highest BCUT2D eigenvalue weighted by atomic mass is 19.1. The number of hydrogen-bond donors (Lipinski definition) is 2. The van der Waals surface area contributed by atoms with Gasteiger partial charge in [-0.3, -0.25) is 4.79 Å². The van der Waals surface area contributed by atoms with Crippen LogP contribution in [-0.4, -0.2) is 36.6 Å². The van der Waals surface area contributed by atoms with Gasteiger partial charge in [0.15, 0.2) is 0 Å². The third-order valence-electron chi connectivity index (χ3n) is 4.18. The van der Waals surface area contributed by atoms with Crippen molar-refractivity contribution in [3.8, 4) is 11.5 Å². The molecular weight excluding hydrogens is 375 g/mol. The van der Waals surface area contributed by atoms with E-state index in [2.05, 4.69) is 20.6 Å². The third-order valence-corrected chi connectivity index (χ3v) is 4.18. The SMILES string of the molecule is COc1ccc(OC)c(Nc2ncc(C(=O)NCCc3ccc(F)cc3)cn2)c1. The molecule has 0 saturated carbocycles. The molecular formula is C21H21FN4O3. The summed E-state index contributed by atoms with van der Waals surface area (Å²) < 4.78 is 23.4. The first-order chi connectivity index (χ1) is 14.1. The number of rotatable bonds is 8. The summed E-state index contributed by atoms with van der Waals surface area (Å²) in [5.74, 6) is 1.02. The van der Waals surface area contributed by atoms with Crippen LogP contribution in [0.3, 0.4) is 0 Å². The van der Waals surface area contributed by atoms with Crippen molar-refractivity contribution in [1.82, 2.24) is 15.3 Å². The fraction of sp³-hybridized carbons (Fsp3) is 0.190. The van der Waals surface area contributed by atoms with Crippen LogP contribution in [0, 0.1) is 5.82 Å². The molecule has 7 nitrogen and oxygen atoms in total. The number of nitrogens with zero attached hydrogens (tertiary/aromatic N) is 2. The largest absolute Gasteiger partial charge is 0.497 e. The van der Waals surface area contributed by atoms with Crippen LogP contribution in [0.15, 0.2) is 54.9 Å². The Morgan fingerprint density at radius 1 is 1.03 bits per heavy atom. The highest BCUT2D eigenvalue weighted by Crippen LogP contribution is 2.30. The van der Waals surface area contributed by atoms with Crippen LogP contribution in [0.2, 0.25) is 0 Å². The number of nitrogens with one attached hydrogen (secondary N) is 2. The maximum absolute atomic E-state index is 12.9. The Bertz CT molecular complexity index is 963. The number of aromatic nitrogens is 2. The van der Waals surface area contributed by atoms with E-state index in [9.17, 15) is 9.18 Å². The second kappa shape index (κ2) is 9.50. The summed E-state index contributed by atoms with van der Waals surface area (Å²) in [5.41, 5.74) is 1.92. The van der Waals surface area contributed by atoms with Gasteiger partial charge in [0.25, 0.3) is 5.91 Å². The van der Waals surface area contributed by atoms with Gasteiger partial charge in [-0.15, -0.1) is 0 Å². The first-order valence-corrected chi connectivity index (χ1v) is 8.93. The van der Waals surface area contributed by atoms with E-state index in [1.807, 2.05) is 0 Å². The number of methoxy groups -OCH3 is 2. The molecule has 0 radical (unpaired) electrons. The van der Waals surface area contributed by atoms with E-state index < -0.39 is 0 Å². The lowest BCUT2D eigenvalue weighted by Crippen LogP contribution is -2.26. The zero-order valence-electron chi connectivity index (χ0n) is 16.1. The summed E-state index contributed by atoms with van der Waals surface area (Å²) in [5, 5.41) is 5.84. The van der Waals surface area contributed by atoms with Crippen molar-refractivity contribution in [2.24, 2.45) is 0 Å². The zero-order valence-corrected chi connectivity index (χ0v) is 16.1. The number of carbonyl (C=O) groups is 1. The fourth-order valence-electron chi connectivity index (χ4n) is 2.62. The lowest BCUT2D eigenvalue weighted by Gasteiger charge is -2.11. The minimum absolute atomic E-state index is 0.280. The van der Waals surface area contributed by atoms with Crippen LogP contribution in [0.25, 0.3) is 0 Å². The lowest BCUT2D eigenvalue weighted by atomic mass is 10.1. The maximum atomic E-state index is 12.9. The molecule has 1 aromatic heterocycles. The first kappa shape index (κ1) is 20.1. The number of carbonyl (C=O) groups excluding carboxylic acids is 1. The monoisotopic (exact) mass is 396 g/mol. The smallest absolute Gasteiger partial charge is 0.254 e. The van der Waals surface area contributed by atoms with Gasteiger partial charge in [-0.05, 0) is 36.2 Å². The number of halogens is 1. The molecule has 1 amide bonds. The van der Waals surface area contributed by atoms with Crippen molar-refractivity contribution in [2.75, 3.05) is 26.1 Å². The summed E-state index contributed by atoms with van der Waals surface area (Å²) in [6, 6.07) is 11.5. The molecule has 0 unspecified atom stereocenters. The number of anilines is 2. The van der Waals surface area contributed by atoms with E-state index in [0.717, 1.165) is 5.56 Å². The van der Waals surface area contributed by atoms with Crippen molar-refractivity contribution < 1.29 is 18.7 Å². The van der Waals surface area contributed by atoms with Gasteiger partial charge in [-0.25, -0.2) is 14.4 Å². The fourth-order valence-corrected chi connectivity index (χ4v) is 2.62. The second-order valence-electron chi connectivity index (χ2n) is 6.12. The van der Waals surface area contributed by atoms with Crippen molar-refractivity contribution in [3.63, 3.8) is 0 Å². The van der Waals surface area contributed by atoms with Gasteiger partial charge >= 0.3 is 0 Å². The summed E-state index contributed by atoms with van der Waals surface area (Å²) in [4.78, 5) is 20.6. The molecule has 0 spiro atoms. The number of benzene rings is 2. The lowest BCUT2D eigenvalue weighted by molar-refractivity contribution is 0.0953. The Morgan fingerprint density at radius 2 is 1.76 bits per heavy atom.